The number of carbonyl (C=O) groups excluding carboxylic acids is 2. The van der Waals surface area contributed by atoms with Gasteiger partial charge in [-0.3, -0.25) is 9.69 Å². The van der Waals surface area contributed by atoms with Crippen LogP contribution in [0.3, 0.4) is 0 Å². The number of aliphatic hydroxyl groups is 2. The SMILES string of the molecule is Cc1nc([C@H]([C@H](C)c2ccccc2)N2C(=O)N[C@H](c3ccc(OC[C@H](O)CO)cc3)C2=O)[nH]c1-c1ccc(I)cc1F. The number of imidazole rings is 1. The van der Waals surface area contributed by atoms with Gasteiger partial charge in [0.1, 0.15) is 42.2 Å². The van der Waals surface area contributed by atoms with Crippen LogP contribution in [0.15, 0.2) is 72.8 Å². The molecule has 0 bridgehead atoms. The molecule has 1 aliphatic rings. The number of amides is 3. The molecule has 11 heteroatoms. The van der Waals surface area contributed by atoms with Gasteiger partial charge in [0.25, 0.3) is 5.91 Å². The predicted octanol–water partition coefficient (Wildman–Crippen LogP) is 5.00. The standard InChI is InChI=1S/C31H30FIN4O5/c1-17(19-6-4-3-5-7-19)28(29-34-18(2)26(35-29)24-13-10-21(33)14-25(24)32)37-30(40)27(36-31(37)41)20-8-11-23(12-9-20)42-16-22(39)15-38/h3-14,17,22,27-28,38-39H,15-16H2,1-2H3,(H,34,35)(H,36,41)/t17-,22-,27-,28+/m1/s1. The highest BCUT2D eigenvalue weighted by molar-refractivity contribution is 14.1. The second-order valence-corrected chi connectivity index (χ2v) is 11.4. The fourth-order valence-corrected chi connectivity index (χ4v) is 5.54. The molecular weight excluding hydrogens is 654 g/mol. The summed E-state index contributed by atoms with van der Waals surface area (Å²) in [5.74, 6) is -0.397. The van der Waals surface area contributed by atoms with Crippen LogP contribution < -0.4 is 10.1 Å². The zero-order valence-electron chi connectivity index (χ0n) is 22.9. The minimum atomic E-state index is -1.01. The fraction of sp³-hybridized carbons (Fsp3) is 0.258. The fourth-order valence-electron chi connectivity index (χ4n) is 5.08. The number of rotatable bonds is 10. The van der Waals surface area contributed by atoms with E-state index in [0.29, 0.717) is 34.1 Å². The molecule has 1 saturated heterocycles. The summed E-state index contributed by atoms with van der Waals surface area (Å²) in [6, 6.07) is 18.7. The van der Waals surface area contributed by atoms with Gasteiger partial charge in [-0.05, 0) is 71.0 Å². The van der Waals surface area contributed by atoms with Crippen LogP contribution >= 0.6 is 22.6 Å². The second-order valence-electron chi connectivity index (χ2n) is 10.2. The quantitative estimate of drug-likeness (QED) is 0.138. The van der Waals surface area contributed by atoms with E-state index in [1.165, 1.54) is 11.0 Å². The molecule has 1 aliphatic heterocycles. The predicted molar refractivity (Wildman–Crippen MR) is 162 cm³/mol. The summed E-state index contributed by atoms with van der Waals surface area (Å²) in [5, 5.41) is 21.3. The van der Waals surface area contributed by atoms with Crippen LogP contribution in [-0.4, -0.2) is 56.3 Å². The number of benzene rings is 3. The average Bonchev–Trinajstić information content (AvgIpc) is 3.51. The summed E-state index contributed by atoms with van der Waals surface area (Å²) >= 11 is 2.05. The number of nitrogens with zero attached hydrogens (tertiary/aromatic N) is 2. The lowest BCUT2D eigenvalue weighted by Crippen LogP contribution is -2.38. The third-order valence-corrected chi connectivity index (χ3v) is 7.97. The Kier molecular flexibility index (Phi) is 8.90. The lowest BCUT2D eigenvalue weighted by Gasteiger charge is -2.29. The van der Waals surface area contributed by atoms with Gasteiger partial charge in [-0.15, -0.1) is 0 Å². The maximum absolute atomic E-state index is 14.9. The smallest absolute Gasteiger partial charge is 0.325 e. The molecule has 5 rings (SSSR count). The van der Waals surface area contributed by atoms with Crippen molar-refractivity contribution in [3.8, 4) is 17.0 Å². The van der Waals surface area contributed by atoms with Crippen LogP contribution in [0.2, 0.25) is 0 Å². The number of aryl methyl sites for hydroxylation is 1. The Bertz CT molecular complexity index is 1580. The Labute approximate surface area is 255 Å². The van der Waals surface area contributed by atoms with Crippen LogP contribution in [0.25, 0.3) is 11.3 Å². The first kappa shape index (κ1) is 29.7. The molecule has 9 nitrogen and oxygen atoms in total. The van der Waals surface area contributed by atoms with Gasteiger partial charge < -0.3 is 25.3 Å². The zero-order chi connectivity index (χ0) is 30.0. The van der Waals surface area contributed by atoms with Gasteiger partial charge in [0.2, 0.25) is 0 Å². The van der Waals surface area contributed by atoms with Crippen molar-refractivity contribution in [2.24, 2.45) is 0 Å². The summed E-state index contributed by atoms with van der Waals surface area (Å²) in [6.07, 6.45) is -1.01. The van der Waals surface area contributed by atoms with Crippen molar-refractivity contribution in [3.05, 3.63) is 105 Å². The zero-order valence-corrected chi connectivity index (χ0v) is 25.1. The number of urea groups is 1. The van der Waals surface area contributed by atoms with Crippen molar-refractivity contribution in [2.45, 2.75) is 38.0 Å². The minimum Gasteiger partial charge on any atom is -0.491 e. The minimum absolute atomic E-state index is 0.0849. The Balaban J connectivity index is 1.49. The third-order valence-electron chi connectivity index (χ3n) is 7.30. The molecule has 4 N–H and O–H groups in total. The molecule has 3 aromatic carbocycles. The van der Waals surface area contributed by atoms with E-state index >= 15 is 0 Å². The molecule has 4 atom stereocenters. The topological polar surface area (TPSA) is 128 Å². The number of carbonyl (C=O) groups is 2. The van der Waals surface area contributed by atoms with Crippen molar-refractivity contribution in [1.29, 1.82) is 0 Å². The molecule has 1 aromatic heterocycles. The van der Waals surface area contributed by atoms with E-state index in [9.17, 15) is 19.1 Å². The number of hydrogen-bond donors (Lipinski definition) is 4. The van der Waals surface area contributed by atoms with Gasteiger partial charge >= 0.3 is 6.03 Å². The number of hydrogen-bond acceptors (Lipinski definition) is 6. The molecule has 0 radical (unpaired) electrons. The van der Waals surface area contributed by atoms with Gasteiger partial charge in [0.05, 0.1) is 18.0 Å². The lowest BCUT2D eigenvalue weighted by atomic mass is 9.91. The van der Waals surface area contributed by atoms with Crippen molar-refractivity contribution in [1.82, 2.24) is 20.2 Å². The highest BCUT2D eigenvalue weighted by atomic mass is 127. The Morgan fingerprint density at radius 3 is 2.48 bits per heavy atom. The van der Waals surface area contributed by atoms with E-state index in [2.05, 4.69) is 10.3 Å². The van der Waals surface area contributed by atoms with E-state index in [1.54, 1.807) is 43.3 Å². The number of halogens is 2. The van der Waals surface area contributed by atoms with Crippen molar-refractivity contribution in [2.75, 3.05) is 13.2 Å². The first-order valence-electron chi connectivity index (χ1n) is 13.4. The van der Waals surface area contributed by atoms with Gasteiger partial charge in [-0.1, -0.05) is 49.4 Å². The summed E-state index contributed by atoms with van der Waals surface area (Å²) in [5.41, 5.74) is 2.82. The van der Waals surface area contributed by atoms with Crippen LogP contribution in [0, 0.1) is 16.3 Å². The molecule has 218 valence electrons. The molecule has 0 aliphatic carbocycles. The van der Waals surface area contributed by atoms with E-state index in [4.69, 9.17) is 14.8 Å². The van der Waals surface area contributed by atoms with Crippen molar-refractivity contribution >= 4 is 34.5 Å². The average molecular weight is 685 g/mol. The Morgan fingerprint density at radius 2 is 1.81 bits per heavy atom. The maximum atomic E-state index is 14.9. The van der Waals surface area contributed by atoms with Crippen LogP contribution in [-0.2, 0) is 4.79 Å². The number of nitrogens with one attached hydrogen (secondary N) is 2. The summed E-state index contributed by atoms with van der Waals surface area (Å²) in [6.45, 7) is 3.17. The molecule has 1 fully saturated rings. The first-order valence-corrected chi connectivity index (χ1v) is 14.5. The molecule has 2 heterocycles. The largest absolute Gasteiger partial charge is 0.491 e. The number of H-pyrrole nitrogens is 1. The first-order chi connectivity index (χ1) is 20.2. The van der Waals surface area contributed by atoms with Gasteiger partial charge in [0.15, 0.2) is 0 Å². The molecular formula is C31H30FIN4O5. The van der Waals surface area contributed by atoms with E-state index in [-0.39, 0.29) is 12.5 Å². The van der Waals surface area contributed by atoms with E-state index < -0.39 is 42.6 Å². The van der Waals surface area contributed by atoms with Crippen molar-refractivity contribution in [3.63, 3.8) is 0 Å². The molecule has 3 amide bonds. The molecule has 0 unspecified atom stereocenters. The number of aromatic nitrogens is 2. The highest BCUT2D eigenvalue weighted by Crippen LogP contribution is 2.40. The van der Waals surface area contributed by atoms with Crippen molar-refractivity contribution < 1.29 is 28.9 Å². The lowest BCUT2D eigenvalue weighted by molar-refractivity contribution is -0.129. The molecule has 4 aromatic rings. The van der Waals surface area contributed by atoms with Crippen LogP contribution in [0.4, 0.5) is 9.18 Å². The number of aliphatic hydroxyl groups excluding tert-OH is 2. The highest BCUT2D eigenvalue weighted by Gasteiger charge is 2.46. The van der Waals surface area contributed by atoms with Gasteiger partial charge in [-0.25, -0.2) is 14.2 Å². The van der Waals surface area contributed by atoms with Crippen LogP contribution in [0.5, 0.6) is 5.75 Å². The van der Waals surface area contributed by atoms with Crippen LogP contribution in [0.1, 0.15) is 47.6 Å². The summed E-state index contributed by atoms with van der Waals surface area (Å²) < 4.78 is 21.1. The second kappa shape index (κ2) is 12.6. The number of imide groups is 1. The van der Waals surface area contributed by atoms with Gasteiger partial charge in [-0.2, -0.15) is 0 Å². The monoisotopic (exact) mass is 684 g/mol. The molecule has 0 spiro atoms. The molecule has 42 heavy (non-hydrogen) atoms. The van der Waals surface area contributed by atoms with E-state index in [1.807, 2.05) is 59.8 Å². The third kappa shape index (κ3) is 6.03. The van der Waals surface area contributed by atoms with E-state index in [0.717, 1.165) is 9.13 Å². The molecule has 0 saturated carbocycles. The van der Waals surface area contributed by atoms with Gasteiger partial charge in [0, 0.05) is 15.1 Å². The number of aromatic amines is 1. The summed E-state index contributed by atoms with van der Waals surface area (Å²) in [7, 11) is 0. The Hall–Kier alpha value is -3.81. The maximum Gasteiger partial charge on any atom is 0.325 e. The number of ether oxygens (including phenoxy) is 1. The summed E-state index contributed by atoms with van der Waals surface area (Å²) in [4.78, 5) is 36.5. The Morgan fingerprint density at radius 1 is 1.10 bits per heavy atom. The normalized spacial score (nSPS) is 17.2.